The SMILES string of the molecule is CC(C)n1c(CSc2ccc(Cl)cc2)nc2ccccc21. The van der Waals surface area contributed by atoms with E-state index in [0.717, 1.165) is 22.1 Å². The van der Waals surface area contributed by atoms with Crippen LogP contribution in [0.15, 0.2) is 53.4 Å². The van der Waals surface area contributed by atoms with E-state index in [2.05, 4.69) is 48.7 Å². The molecule has 4 heteroatoms. The van der Waals surface area contributed by atoms with Gasteiger partial charge in [-0.05, 0) is 50.2 Å². The van der Waals surface area contributed by atoms with E-state index in [-0.39, 0.29) is 0 Å². The van der Waals surface area contributed by atoms with Crippen LogP contribution in [0.5, 0.6) is 0 Å². The van der Waals surface area contributed by atoms with Gasteiger partial charge in [0, 0.05) is 16.0 Å². The lowest BCUT2D eigenvalue weighted by Gasteiger charge is -2.12. The molecular formula is C17H17ClN2S. The van der Waals surface area contributed by atoms with Crippen molar-refractivity contribution in [2.24, 2.45) is 0 Å². The Balaban J connectivity index is 1.89. The third kappa shape index (κ3) is 3.09. The number of aromatic nitrogens is 2. The molecule has 0 bridgehead atoms. The van der Waals surface area contributed by atoms with Crippen molar-refractivity contribution >= 4 is 34.4 Å². The van der Waals surface area contributed by atoms with E-state index in [1.807, 2.05) is 18.2 Å². The highest BCUT2D eigenvalue weighted by Gasteiger charge is 2.12. The summed E-state index contributed by atoms with van der Waals surface area (Å²) in [4.78, 5) is 5.99. The van der Waals surface area contributed by atoms with Crippen LogP contribution in [-0.2, 0) is 5.75 Å². The number of hydrogen-bond acceptors (Lipinski definition) is 2. The Morgan fingerprint density at radius 3 is 2.52 bits per heavy atom. The smallest absolute Gasteiger partial charge is 0.120 e. The van der Waals surface area contributed by atoms with Gasteiger partial charge in [-0.25, -0.2) is 4.98 Å². The van der Waals surface area contributed by atoms with E-state index in [0.29, 0.717) is 6.04 Å². The number of thioether (sulfide) groups is 1. The summed E-state index contributed by atoms with van der Waals surface area (Å²) in [7, 11) is 0. The number of benzene rings is 2. The molecule has 2 nitrogen and oxygen atoms in total. The van der Waals surface area contributed by atoms with Crippen molar-refractivity contribution in [1.82, 2.24) is 9.55 Å². The normalized spacial score (nSPS) is 11.4. The van der Waals surface area contributed by atoms with Crippen LogP contribution < -0.4 is 0 Å². The number of fused-ring (bicyclic) bond motifs is 1. The van der Waals surface area contributed by atoms with Crippen LogP contribution in [0.1, 0.15) is 25.7 Å². The lowest BCUT2D eigenvalue weighted by molar-refractivity contribution is 0.597. The van der Waals surface area contributed by atoms with Crippen molar-refractivity contribution in [3.05, 3.63) is 59.4 Å². The maximum absolute atomic E-state index is 5.92. The fraction of sp³-hybridized carbons (Fsp3) is 0.235. The van der Waals surface area contributed by atoms with Crippen LogP contribution >= 0.6 is 23.4 Å². The highest BCUT2D eigenvalue weighted by atomic mass is 35.5. The molecule has 0 amide bonds. The molecule has 0 saturated heterocycles. The Morgan fingerprint density at radius 1 is 1.10 bits per heavy atom. The maximum atomic E-state index is 5.92. The lowest BCUT2D eigenvalue weighted by Crippen LogP contribution is -2.05. The molecule has 0 saturated carbocycles. The van der Waals surface area contributed by atoms with Crippen LogP contribution in [0.3, 0.4) is 0 Å². The minimum Gasteiger partial charge on any atom is -0.325 e. The molecule has 21 heavy (non-hydrogen) atoms. The number of halogens is 1. The van der Waals surface area contributed by atoms with Crippen LogP contribution in [0.25, 0.3) is 11.0 Å². The number of para-hydroxylation sites is 2. The predicted octanol–water partition coefficient (Wildman–Crippen LogP) is 5.56. The van der Waals surface area contributed by atoms with Gasteiger partial charge in [0.2, 0.25) is 0 Å². The molecule has 0 radical (unpaired) electrons. The summed E-state index contributed by atoms with van der Waals surface area (Å²) in [5.74, 6) is 1.97. The van der Waals surface area contributed by atoms with Gasteiger partial charge < -0.3 is 4.57 Å². The molecule has 0 aliphatic rings. The molecule has 108 valence electrons. The Bertz CT molecular complexity index is 747. The van der Waals surface area contributed by atoms with Crippen molar-refractivity contribution in [3.63, 3.8) is 0 Å². The van der Waals surface area contributed by atoms with Gasteiger partial charge in [-0.15, -0.1) is 11.8 Å². The third-order valence-corrected chi connectivity index (χ3v) is 4.63. The second-order valence-electron chi connectivity index (χ2n) is 5.22. The number of imidazole rings is 1. The molecule has 0 atom stereocenters. The first kappa shape index (κ1) is 14.5. The van der Waals surface area contributed by atoms with Crippen molar-refractivity contribution < 1.29 is 0 Å². The molecule has 1 aromatic heterocycles. The molecule has 0 aliphatic carbocycles. The highest BCUT2D eigenvalue weighted by Crippen LogP contribution is 2.28. The number of nitrogens with zero attached hydrogens (tertiary/aromatic N) is 2. The summed E-state index contributed by atoms with van der Waals surface area (Å²) in [6.07, 6.45) is 0. The standard InChI is InChI=1S/C17H17ClN2S/c1-12(2)20-16-6-4-3-5-15(16)19-17(20)11-21-14-9-7-13(18)8-10-14/h3-10,12H,11H2,1-2H3. The second-order valence-corrected chi connectivity index (χ2v) is 6.71. The summed E-state index contributed by atoms with van der Waals surface area (Å²) >= 11 is 7.71. The van der Waals surface area contributed by atoms with Gasteiger partial charge in [-0.3, -0.25) is 0 Å². The van der Waals surface area contributed by atoms with Gasteiger partial charge >= 0.3 is 0 Å². The van der Waals surface area contributed by atoms with E-state index >= 15 is 0 Å². The third-order valence-electron chi connectivity index (χ3n) is 3.37. The summed E-state index contributed by atoms with van der Waals surface area (Å²) in [6, 6.07) is 16.7. The van der Waals surface area contributed by atoms with E-state index < -0.39 is 0 Å². The van der Waals surface area contributed by atoms with Gasteiger partial charge in [0.1, 0.15) is 5.82 Å². The zero-order chi connectivity index (χ0) is 14.8. The number of hydrogen-bond donors (Lipinski definition) is 0. The Kier molecular flexibility index (Phi) is 4.22. The van der Waals surface area contributed by atoms with Gasteiger partial charge in [-0.2, -0.15) is 0 Å². The Morgan fingerprint density at radius 2 is 1.81 bits per heavy atom. The predicted molar refractivity (Wildman–Crippen MR) is 91.1 cm³/mol. The van der Waals surface area contributed by atoms with Crippen LogP contribution in [-0.4, -0.2) is 9.55 Å². The van der Waals surface area contributed by atoms with Gasteiger partial charge in [0.05, 0.1) is 16.8 Å². The van der Waals surface area contributed by atoms with Crippen molar-refractivity contribution in [2.75, 3.05) is 0 Å². The quantitative estimate of drug-likeness (QED) is 0.586. The zero-order valence-electron chi connectivity index (χ0n) is 12.1. The van der Waals surface area contributed by atoms with E-state index in [1.165, 1.54) is 10.4 Å². The molecule has 2 aromatic carbocycles. The fourth-order valence-electron chi connectivity index (χ4n) is 2.45. The zero-order valence-corrected chi connectivity index (χ0v) is 13.7. The van der Waals surface area contributed by atoms with E-state index in [4.69, 9.17) is 16.6 Å². The molecule has 3 rings (SSSR count). The topological polar surface area (TPSA) is 17.8 Å². The van der Waals surface area contributed by atoms with Crippen molar-refractivity contribution in [3.8, 4) is 0 Å². The lowest BCUT2D eigenvalue weighted by atomic mass is 10.3. The molecule has 0 unspecified atom stereocenters. The van der Waals surface area contributed by atoms with E-state index in [9.17, 15) is 0 Å². The van der Waals surface area contributed by atoms with Crippen LogP contribution in [0.4, 0.5) is 0 Å². The fourth-order valence-corrected chi connectivity index (χ4v) is 3.41. The maximum Gasteiger partial charge on any atom is 0.120 e. The first-order valence-electron chi connectivity index (χ1n) is 6.99. The van der Waals surface area contributed by atoms with Crippen LogP contribution in [0, 0.1) is 0 Å². The Labute approximate surface area is 134 Å². The largest absolute Gasteiger partial charge is 0.325 e. The van der Waals surface area contributed by atoms with Gasteiger partial charge in [0.25, 0.3) is 0 Å². The Hall–Kier alpha value is -1.45. The summed E-state index contributed by atoms with van der Waals surface area (Å²) in [5, 5.41) is 0.772. The molecule has 0 fully saturated rings. The molecule has 1 heterocycles. The van der Waals surface area contributed by atoms with E-state index in [1.54, 1.807) is 11.8 Å². The number of rotatable bonds is 4. The van der Waals surface area contributed by atoms with Crippen molar-refractivity contribution in [2.45, 2.75) is 30.5 Å². The molecule has 0 aliphatic heterocycles. The molecule has 0 spiro atoms. The molecule has 0 N–H and O–H groups in total. The van der Waals surface area contributed by atoms with Gasteiger partial charge in [0.15, 0.2) is 0 Å². The first-order valence-corrected chi connectivity index (χ1v) is 8.35. The summed E-state index contributed by atoms with van der Waals surface area (Å²) < 4.78 is 2.32. The summed E-state index contributed by atoms with van der Waals surface area (Å²) in [5.41, 5.74) is 2.28. The van der Waals surface area contributed by atoms with Gasteiger partial charge in [-0.1, -0.05) is 23.7 Å². The summed E-state index contributed by atoms with van der Waals surface area (Å²) in [6.45, 7) is 4.40. The van der Waals surface area contributed by atoms with Crippen LogP contribution in [0.2, 0.25) is 5.02 Å². The first-order chi connectivity index (χ1) is 10.1. The molecule has 3 aromatic rings. The van der Waals surface area contributed by atoms with Crippen molar-refractivity contribution in [1.29, 1.82) is 0 Å². The monoisotopic (exact) mass is 316 g/mol. The minimum absolute atomic E-state index is 0.401. The molecular weight excluding hydrogens is 300 g/mol. The average Bonchev–Trinajstić information content (AvgIpc) is 2.85. The minimum atomic E-state index is 0.401. The highest BCUT2D eigenvalue weighted by molar-refractivity contribution is 7.98. The average molecular weight is 317 g/mol. The second kappa shape index (κ2) is 6.12.